The number of nitrogens with zero attached hydrogens (tertiary/aromatic N) is 3. The average Bonchev–Trinajstić information content (AvgIpc) is 2.57. The number of hydrogen-bond donors (Lipinski definition) is 0. The molecule has 4 heteroatoms. The zero-order valence-corrected chi connectivity index (χ0v) is 7.81. The number of hydrogen-bond acceptors (Lipinski definition) is 3. The van der Waals surface area contributed by atoms with Crippen LogP contribution in [0.25, 0.3) is 0 Å². The Bertz CT molecular complexity index is 369. The second kappa shape index (κ2) is 3.29. The minimum Gasteiger partial charge on any atom is -0.207 e. The third-order valence-corrected chi connectivity index (χ3v) is 2.14. The maximum absolute atomic E-state index is 12.6. The molecule has 0 aromatic heterocycles. The van der Waals surface area contributed by atoms with Gasteiger partial charge in [0.05, 0.1) is 6.21 Å². The summed E-state index contributed by atoms with van der Waals surface area (Å²) < 4.78 is 12.6. The topological polar surface area (TPSA) is 37.1 Å². The van der Waals surface area contributed by atoms with E-state index in [0.29, 0.717) is 6.42 Å². The maximum atomic E-state index is 12.6. The van der Waals surface area contributed by atoms with Gasteiger partial charge in [0.1, 0.15) is 11.4 Å². The van der Waals surface area contributed by atoms with Crippen LogP contribution in [0, 0.1) is 5.82 Å². The summed E-state index contributed by atoms with van der Waals surface area (Å²) >= 11 is 0. The molecule has 72 valence electrons. The fourth-order valence-corrected chi connectivity index (χ4v) is 1.40. The van der Waals surface area contributed by atoms with Crippen molar-refractivity contribution < 1.29 is 4.39 Å². The molecule has 0 N–H and O–H groups in total. The van der Waals surface area contributed by atoms with Crippen LogP contribution in [0.1, 0.15) is 12.5 Å². The Balaban J connectivity index is 2.15. The van der Waals surface area contributed by atoms with Crippen LogP contribution in [-0.4, -0.2) is 11.8 Å². The van der Waals surface area contributed by atoms with Crippen molar-refractivity contribution >= 4 is 6.21 Å². The molecular weight excluding hydrogens is 181 g/mol. The average molecular weight is 191 g/mol. The molecule has 1 heterocycles. The number of benzene rings is 1. The van der Waals surface area contributed by atoms with Crippen molar-refractivity contribution in [3.05, 3.63) is 35.6 Å². The van der Waals surface area contributed by atoms with Crippen molar-refractivity contribution in [3.63, 3.8) is 0 Å². The van der Waals surface area contributed by atoms with Crippen molar-refractivity contribution in [1.82, 2.24) is 0 Å². The quantitative estimate of drug-likeness (QED) is 0.689. The molecule has 1 aliphatic rings. The second-order valence-corrected chi connectivity index (χ2v) is 3.59. The molecule has 2 rings (SSSR count). The molecule has 0 saturated heterocycles. The van der Waals surface area contributed by atoms with Crippen LogP contribution in [0.5, 0.6) is 0 Å². The molecular formula is C10H10FN3. The van der Waals surface area contributed by atoms with E-state index < -0.39 is 0 Å². The fourth-order valence-electron chi connectivity index (χ4n) is 1.40. The van der Waals surface area contributed by atoms with Crippen LogP contribution in [0.3, 0.4) is 0 Å². The summed E-state index contributed by atoms with van der Waals surface area (Å²) in [6.45, 7) is 1.94. The van der Waals surface area contributed by atoms with Gasteiger partial charge in [-0.15, -0.1) is 5.10 Å². The molecule has 1 atom stereocenters. The molecule has 0 fully saturated rings. The lowest BCUT2D eigenvalue weighted by Gasteiger charge is -2.14. The monoisotopic (exact) mass is 191 g/mol. The minimum atomic E-state index is -0.363. The smallest absolute Gasteiger partial charge is 0.123 e. The third-order valence-electron chi connectivity index (χ3n) is 2.14. The highest BCUT2D eigenvalue weighted by Crippen LogP contribution is 2.19. The molecule has 1 aromatic carbocycles. The summed E-state index contributed by atoms with van der Waals surface area (Å²) in [6, 6.07) is 6.40. The summed E-state index contributed by atoms with van der Waals surface area (Å²) in [6.07, 6.45) is 2.40. The SMILES string of the molecule is CC1(Cc2ccc(F)cc2)C=NN=N1. The van der Waals surface area contributed by atoms with Gasteiger partial charge in [0, 0.05) is 6.42 Å². The summed E-state index contributed by atoms with van der Waals surface area (Å²) in [5.41, 5.74) is 0.666. The van der Waals surface area contributed by atoms with Crippen LogP contribution in [0.4, 0.5) is 4.39 Å². The predicted molar refractivity (Wildman–Crippen MR) is 51.9 cm³/mol. The van der Waals surface area contributed by atoms with E-state index >= 15 is 0 Å². The molecule has 0 spiro atoms. The summed E-state index contributed by atoms with van der Waals surface area (Å²) in [5.74, 6) is -0.222. The van der Waals surface area contributed by atoms with Gasteiger partial charge in [-0.3, -0.25) is 0 Å². The highest BCUT2D eigenvalue weighted by molar-refractivity contribution is 5.71. The largest absolute Gasteiger partial charge is 0.207 e. The van der Waals surface area contributed by atoms with E-state index in [1.54, 1.807) is 18.3 Å². The highest BCUT2D eigenvalue weighted by Gasteiger charge is 2.24. The van der Waals surface area contributed by atoms with E-state index in [2.05, 4.69) is 15.4 Å². The van der Waals surface area contributed by atoms with Gasteiger partial charge in [0.25, 0.3) is 0 Å². The summed E-state index contributed by atoms with van der Waals surface area (Å²) in [5, 5.41) is 11.3. The molecule has 0 radical (unpaired) electrons. The van der Waals surface area contributed by atoms with Crippen molar-refractivity contribution in [1.29, 1.82) is 0 Å². The molecule has 1 unspecified atom stereocenters. The zero-order valence-electron chi connectivity index (χ0n) is 7.81. The van der Waals surface area contributed by atoms with Gasteiger partial charge in [0.2, 0.25) is 0 Å². The Hall–Kier alpha value is -1.58. The number of halogens is 1. The molecule has 0 amide bonds. The van der Waals surface area contributed by atoms with Gasteiger partial charge < -0.3 is 0 Å². The first-order chi connectivity index (χ1) is 6.68. The Labute approximate surface area is 81.4 Å². The van der Waals surface area contributed by atoms with E-state index in [-0.39, 0.29) is 11.4 Å². The molecule has 1 aliphatic heterocycles. The Morgan fingerprint density at radius 1 is 1.29 bits per heavy atom. The van der Waals surface area contributed by atoms with E-state index in [4.69, 9.17) is 0 Å². The van der Waals surface area contributed by atoms with E-state index in [1.807, 2.05) is 6.92 Å². The van der Waals surface area contributed by atoms with Crippen LogP contribution in [-0.2, 0) is 6.42 Å². The maximum Gasteiger partial charge on any atom is 0.123 e. The van der Waals surface area contributed by atoms with Crippen LogP contribution < -0.4 is 0 Å². The van der Waals surface area contributed by atoms with Crippen molar-refractivity contribution in [2.24, 2.45) is 15.4 Å². The van der Waals surface area contributed by atoms with E-state index in [0.717, 1.165) is 5.56 Å². The van der Waals surface area contributed by atoms with Gasteiger partial charge in [-0.1, -0.05) is 12.1 Å². The Kier molecular flexibility index (Phi) is 2.11. The van der Waals surface area contributed by atoms with Gasteiger partial charge in [-0.25, -0.2) is 4.39 Å². The predicted octanol–water partition coefficient (Wildman–Crippen LogP) is 2.58. The van der Waals surface area contributed by atoms with Crippen molar-refractivity contribution in [3.8, 4) is 0 Å². The first kappa shape index (κ1) is 8.99. The lowest BCUT2D eigenvalue weighted by molar-refractivity contribution is 0.610. The fraction of sp³-hybridized carbons (Fsp3) is 0.300. The van der Waals surface area contributed by atoms with E-state index in [1.165, 1.54) is 12.1 Å². The standard InChI is InChI=1S/C10H10FN3/c1-10(7-12-14-13-10)6-8-2-4-9(11)5-3-8/h2-5,7H,6H2,1H3. The van der Waals surface area contributed by atoms with Crippen LogP contribution >= 0.6 is 0 Å². The highest BCUT2D eigenvalue weighted by atomic mass is 19.1. The normalized spacial score (nSPS) is 24.4. The minimum absolute atomic E-state index is 0.222. The van der Waals surface area contributed by atoms with Gasteiger partial charge in [0.15, 0.2) is 0 Å². The molecule has 14 heavy (non-hydrogen) atoms. The molecule has 3 nitrogen and oxygen atoms in total. The zero-order chi connectivity index (χ0) is 10.0. The lowest BCUT2D eigenvalue weighted by atomic mass is 9.95. The van der Waals surface area contributed by atoms with Gasteiger partial charge in [-0.2, -0.15) is 5.11 Å². The lowest BCUT2D eigenvalue weighted by Crippen LogP contribution is -2.24. The first-order valence-electron chi connectivity index (χ1n) is 4.39. The van der Waals surface area contributed by atoms with Crippen LogP contribution in [0.2, 0.25) is 0 Å². The summed E-state index contributed by atoms with van der Waals surface area (Å²) in [7, 11) is 0. The van der Waals surface area contributed by atoms with Crippen LogP contribution in [0.15, 0.2) is 39.7 Å². The summed E-state index contributed by atoms with van der Waals surface area (Å²) in [4.78, 5) is 0. The van der Waals surface area contributed by atoms with E-state index in [9.17, 15) is 4.39 Å². The Morgan fingerprint density at radius 3 is 2.57 bits per heavy atom. The van der Waals surface area contributed by atoms with Crippen molar-refractivity contribution in [2.75, 3.05) is 0 Å². The number of rotatable bonds is 2. The Morgan fingerprint density at radius 2 is 2.00 bits per heavy atom. The van der Waals surface area contributed by atoms with Crippen molar-refractivity contribution in [2.45, 2.75) is 18.9 Å². The molecule has 0 bridgehead atoms. The second-order valence-electron chi connectivity index (χ2n) is 3.59. The molecule has 0 saturated carbocycles. The molecule has 1 aromatic rings. The first-order valence-corrected chi connectivity index (χ1v) is 4.39. The van der Waals surface area contributed by atoms with Gasteiger partial charge >= 0.3 is 0 Å². The third kappa shape index (κ3) is 1.84. The van der Waals surface area contributed by atoms with Gasteiger partial charge in [-0.05, 0) is 29.8 Å². The molecule has 0 aliphatic carbocycles.